The van der Waals surface area contributed by atoms with Crippen molar-refractivity contribution in [2.45, 2.75) is 44.4 Å². The summed E-state index contributed by atoms with van der Waals surface area (Å²) < 4.78 is 0. The Hall–Kier alpha value is -1.50. The quantitative estimate of drug-likeness (QED) is 0.756. The number of aromatic nitrogens is 2. The Morgan fingerprint density at radius 1 is 1.29 bits per heavy atom. The zero-order chi connectivity index (χ0) is 15.2. The maximum atomic E-state index is 12.1. The Kier molecular flexibility index (Phi) is 5.67. The number of nitrogens with one attached hydrogen (secondary N) is 3. The van der Waals surface area contributed by atoms with Gasteiger partial charge in [0.2, 0.25) is 5.91 Å². The highest BCUT2D eigenvalue weighted by Crippen LogP contribution is 2.31. The van der Waals surface area contributed by atoms with Gasteiger partial charge in [-0.2, -0.15) is 11.8 Å². The highest BCUT2D eigenvalue weighted by atomic mass is 32.2. The summed E-state index contributed by atoms with van der Waals surface area (Å²) in [5.74, 6) is 1.18. The monoisotopic (exact) mass is 311 g/mol. The van der Waals surface area contributed by atoms with Crippen molar-refractivity contribution in [1.29, 1.82) is 0 Å². The molecule has 1 aliphatic carbocycles. The molecule has 0 saturated heterocycles. The molecule has 3 N–H and O–H groups in total. The van der Waals surface area contributed by atoms with E-state index in [4.69, 9.17) is 0 Å². The van der Waals surface area contributed by atoms with Crippen LogP contribution in [0.3, 0.4) is 0 Å². The molecule has 2 rings (SSSR count). The fraction of sp³-hybridized carbons (Fsp3) is 0.643. The highest BCUT2D eigenvalue weighted by Gasteiger charge is 2.25. The number of carbonyl (C=O) groups excluding carboxylic acids is 1. The van der Waals surface area contributed by atoms with E-state index in [9.17, 15) is 14.4 Å². The average Bonchev–Trinajstić information content (AvgIpc) is 2.45. The molecule has 7 heteroatoms. The van der Waals surface area contributed by atoms with Gasteiger partial charge in [0, 0.05) is 22.9 Å². The number of carbonyl (C=O) groups is 1. The molecule has 1 amide bonds. The van der Waals surface area contributed by atoms with Crippen molar-refractivity contribution in [1.82, 2.24) is 15.3 Å². The molecule has 0 aromatic carbocycles. The van der Waals surface area contributed by atoms with Gasteiger partial charge in [-0.15, -0.1) is 0 Å². The molecule has 0 spiro atoms. The first-order chi connectivity index (χ1) is 10.1. The van der Waals surface area contributed by atoms with Crippen LogP contribution in [0.1, 0.15) is 38.3 Å². The van der Waals surface area contributed by atoms with Crippen LogP contribution in [0.2, 0.25) is 0 Å². The molecule has 1 heterocycles. The zero-order valence-corrected chi connectivity index (χ0v) is 12.9. The minimum atomic E-state index is -0.552. The first kappa shape index (κ1) is 15.9. The van der Waals surface area contributed by atoms with Gasteiger partial charge in [0.05, 0.1) is 6.54 Å². The zero-order valence-electron chi connectivity index (χ0n) is 12.1. The molecule has 0 bridgehead atoms. The molecule has 21 heavy (non-hydrogen) atoms. The van der Waals surface area contributed by atoms with Crippen LogP contribution in [0, 0.1) is 5.92 Å². The molecule has 6 nitrogen and oxygen atoms in total. The van der Waals surface area contributed by atoms with E-state index in [1.807, 2.05) is 11.8 Å². The van der Waals surface area contributed by atoms with E-state index in [0.717, 1.165) is 31.4 Å². The fourth-order valence-electron chi connectivity index (χ4n) is 2.67. The smallest absolute Gasteiger partial charge is 0.325 e. The van der Waals surface area contributed by atoms with Gasteiger partial charge in [-0.25, -0.2) is 4.79 Å². The first-order valence-electron chi connectivity index (χ1n) is 7.30. The second-order valence-electron chi connectivity index (χ2n) is 5.26. The Labute approximate surface area is 127 Å². The van der Waals surface area contributed by atoms with E-state index in [1.54, 1.807) is 0 Å². The van der Waals surface area contributed by atoms with Crippen molar-refractivity contribution >= 4 is 17.7 Å². The Morgan fingerprint density at radius 2 is 2.00 bits per heavy atom. The van der Waals surface area contributed by atoms with Gasteiger partial charge in [0.25, 0.3) is 5.56 Å². The maximum Gasteiger partial charge on any atom is 0.325 e. The van der Waals surface area contributed by atoms with Gasteiger partial charge in [-0.05, 0) is 31.4 Å². The van der Waals surface area contributed by atoms with E-state index in [1.165, 1.54) is 6.07 Å². The first-order valence-corrected chi connectivity index (χ1v) is 8.35. The fourth-order valence-corrected chi connectivity index (χ4v) is 3.75. The van der Waals surface area contributed by atoms with Crippen LogP contribution >= 0.6 is 11.8 Å². The minimum absolute atomic E-state index is 0.0103. The van der Waals surface area contributed by atoms with Crippen LogP contribution in [-0.2, 0) is 11.3 Å². The summed E-state index contributed by atoms with van der Waals surface area (Å²) in [5, 5.41) is 3.48. The number of H-pyrrole nitrogens is 2. The molecule has 1 aromatic rings. The molecule has 0 aliphatic heterocycles. The predicted molar refractivity (Wildman–Crippen MR) is 83.4 cm³/mol. The number of rotatable bonds is 5. The summed E-state index contributed by atoms with van der Waals surface area (Å²) in [6, 6.07) is 1.29. The molecular formula is C14H21N3O3S. The number of hydrogen-bond donors (Lipinski definition) is 3. The van der Waals surface area contributed by atoms with Gasteiger partial charge in [-0.1, -0.05) is 6.92 Å². The molecule has 0 atom stereocenters. The lowest BCUT2D eigenvalue weighted by Gasteiger charge is -2.27. The maximum absolute atomic E-state index is 12.1. The van der Waals surface area contributed by atoms with Gasteiger partial charge >= 0.3 is 5.69 Å². The summed E-state index contributed by atoms with van der Waals surface area (Å²) in [6.07, 6.45) is 3.99. The van der Waals surface area contributed by atoms with Crippen molar-refractivity contribution in [2.75, 3.05) is 5.75 Å². The normalized spacial score (nSPS) is 22.0. The Balaban J connectivity index is 1.82. The summed E-state index contributed by atoms with van der Waals surface area (Å²) in [7, 11) is 0. The number of hydrogen-bond acceptors (Lipinski definition) is 4. The van der Waals surface area contributed by atoms with Crippen molar-refractivity contribution in [3.8, 4) is 0 Å². The van der Waals surface area contributed by atoms with Crippen LogP contribution in [0.5, 0.6) is 0 Å². The molecule has 1 saturated carbocycles. The molecule has 1 aromatic heterocycles. The lowest BCUT2D eigenvalue weighted by atomic mass is 9.88. The van der Waals surface area contributed by atoms with E-state index < -0.39 is 11.2 Å². The van der Waals surface area contributed by atoms with Gasteiger partial charge in [-0.3, -0.25) is 14.6 Å². The van der Waals surface area contributed by atoms with Gasteiger partial charge in [0.15, 0.2) is 0 Å². The van der Waals surface area contributed by atoms with Crippen molar-refractivity contribution in [3.05, 3.63) is 32.6 Å². The standard InChI is InChI=1S/C14H21N3O3S/c1-2-21-11-5-3-9(4-6-11)13(19)15-8-10-7-12(18)17-14(20)16-10/h7,9,11H,2-6,8H2,1H3,(H,15,19)(H2,16,17,18,20). The summed E-state index contributed by atoms with van der Waals surface area (Å²) in [5.41, 5.74) is -0.587. The third-order valence-corrected chi connectivity index (χ3v) is 4.99. The van der Waals surface area contributed by atoms with Crippen molar-refractivity contribution in [3.63, 3.8) is 0 Å². The highest BCUT2D eigenvalue weighted by molar-refractivity contribution is 7.99. The average molecular weight is 311 g/mol. The van der Waals surface area contributed by atoms with Crippen LogP contribution in [-0.4, -0.2) is 26.9 Å². The molecule has 0 unspecified atom stereocenters. The van der Waals surface area contributed by atoms with Crippen LogP contribution in [0.4, 0.5) is 0 Å². The van der Waals surface area contributed by atoms with E-state index in [0.29, 0.717) is 10.9 Å². The van der Waals surface area contributed by atoms with Crippen molar-refractivity contribution in [2.24, 2.45) is 5.92 Å². The topological polar surface area (TPSA) is 94.8 Å². The van der Waals surface area contributed by atoms with Crippen LogP contribution < -0.4 is 16.6 Å². The predicted octanol–water partition coefficient (Wildman–Crippen LogP) is 0.991. The molecule has 116 valence electrons. The number of thioether (sulfide) groups is 1. The van der Waals surface area contributed by atoms with E-state index >= 15 is 0 Å². The van der Waals surface area contributed by atoms with Gasteiger partial charge in [0.1, 0.15) is 0 Å². The molecule has 1 fully saturated rings. The summed E-state index contributed by atoms with van der Waals surface area (Å²) in [6.45, 7) is 2.34. The third kappa shape index (κ3) is 4.77. The van der Waals surface area contributed by atoms with E-state index in [-0.39, 0.29) is 18.4 Å². The van der Waals surface area contributed by atoms with Gasteiger partial charge < -0.3 is 10.3 Å². The third-order valence-electron chi connectivity index (χ3n) is 3.72. The van der Waals surface area contributed by atoms with E-state index in [2.05, 4.69) is 22.2 Å². The number of amides is 1. The Bertz CT molecular complexity index is 559. The van der Waals surface area contributed by atoms with Crippen LogP contribution in [0.25, 0.3) is 0 Å². The molecule has 1 aliphatic rings. The summed E-state index contributed by atoms with van der Waals surface area (Å²) >= 11 is 1.97. The molecule has 0 radical (unpaired) electrons. The number of aromatic amines is 2. The van der Waals surface area contributed by atoms with Crippen LogP contribution in [0.15, 0.2) is 15.7 Å². The second kappa shape index (κ2) is 7.49. The lowest BCUT2D eigenvalue weighted by molar-refractivity contribution is -0.126. The SMILES string of the molecule is CCSC1CCC(C(=O)NCc2cc(=O)[nH]c(=O)[nH]2)CC1. The Morgan fingerprint density at radius 3 is 2.62 bits per heavy atom. The second-order valence-corrected chi connectivity index (χ2v) is 6.84. The largest absolute Gasteiger partial charge is 0.350 e. The summed E-state index contributed by atoms with van der Waals surface area (Å²) in [4.78, 5) is 39.0. The lowest BCUT2D eigenvalue weighted by Crippen LogP contribution is -2.34. The molecular weight excluding hydrogens is 290 g/mol. The minimum Gasteiger partial charge on any atom is -0.350 e. The van der Waals surface area contributed by atoms with Crippen molar-refractivity contribution < 1.29 is 4.79 Å².